The molecule has 0 aliphatic carbocycles. The van der Waals surface area contributed by atoms with Crippen LogP contribution in [0.15, 0.2) is 47.8 Å². The van der Waals surface area contributed by atoms with E-state index in [0.717, 1.165) is 38.3 Å². The maximum atomic E-state index is 12.7. The Kier molecular flexibility index (Phi) is 6.38. The van der Waals surface area contributed by atoms with Crippen molar-refractivity contribution in [2.24, 2.45) is 0 Å². The molecule has 2 aromatic rings. The fourth-order valence-electron chi connectivity index (χ4n) is 3.21. The van der Waals surface area contributed by atoms with Gasteiger partial charge in [0.1, 0.15) is 6.04 Å². The molecule has 1 aliphatic heterocycles. The maximum Gasteiger partial charge on any atom is 0.321 e. The zero-order chi connectivity index (χ0) is 18.4. The summed E-state index contributed by atoms with van der Waals surface area (Å²) >= 11 is 1.77. The van der Waals surface area contributed by atoms with Gasteiger partial charge in [0.2, 0.25) is 5.91 Å². The van der Waals surface area contributed by atoms with Crippen LogP contribution in [0.4, 0.5) is 4.79 Å². The Morgan fingerprint density at radius 3 is 2.42 bits per heavy atom. The molecule has 0 radical (unpaired) electrons. The lowest BCUT2D eigenvalue weighted by Gasteiger charge is -2.38. The first-order valence-electron chi connectivity index (χ1n) is 8.73. The SMILES string of the molecule is CNC(=O)NC(=O)[C@H](c1ccccc1)N1CCN(Cc2cccs2)CC1. The zero-order valence-electron chi connectivity index (χ0n) is 14.9. The molecule has 1 atom stereocenters. The van der Waals surface area contributed by atoms with Crippen LogP contribution in [0, 0.1) is 0 Å². The molecule has 0 saturated carbocycles. The Hall–Kier alpha value is -2.22. The molecule has 3 amide bonds. The summed E-state index contributed by atoms with van der Waals surface area (Å²) in [4.78, 5) is 30.2. The smallest absolute Gasteiger partial charge is 0.321 e. The highest BCUT2D eigenvalue weighted by atomic mass is 32.1. The average Bonchev–Trinajstić information content (AvgIpc) is 3.17. The first kappa shape index (κ1) is 18.6. The molecule has 3 rings (SSSR count). The fraction of sp³-hybridized carbons (Fsp3) is 0.368. The molecule has 0 spiro atoms. The molecule has 7 heteroatoms. The highest BCUT2D eigenvalue weighted by Gasteiger charge is 2.31. The van der Waals surface area contributed by atoms with Crippen LogP contribution in [0.1, 0.15) is 16.5 Å². The molecule has 2 N–H and O–H groups in total. The van der Waals surface area contributed by atoms with Crippen LogP contribution >= 0.6 is 11.3 Å². The van der Waals surface area contributed by atoms with Gasteiger partial charge < -0.3 is 5.32 Å². The summed E-state index contributed by atoms with van der Waals surface area (Å²) in [6.45, 7) is 4.31. The second-order valence-electron chi connectivity index (χ2n) is 6.27. The predicted octanol–water partition coefficient (Wildman–Crippen LogP) is 2.06. The van der Waals surface area contributed by atoms with Crippen molar-refractivity contribution in [2.45, 2.75) is 12.6 Å². The topological polar surface area (TPSA) is 64.7 Å². The number of imide groups is 1. The van der Waals surface area contributed by atoms with Crippen LogP contribution in [-0.2, 0) is 11.3 Å². The fourth-order valence-corrected chi connectivity index (χ4v) is 3.95. The molecule has 0 bridgehead atoms. The van der Waals surface area contributed by atoms with Crippen molar-refractivity contribution in [3.8, 4) is 0 Å². The van der Waals surface area contributed by atoms with E-state index in [1.165, 1.54) is 11.9 Å². The van der Waals surface area contributed by atoms with Crippen molar-refractivity contribution in [2.75, 3.05) is 33.2 Å². The lowest BCUT2D eigenvalue weighted by atomic mass is 10.0. The van der Waals surface area contributed by atoms with Gasteiger partial charge in [-0.2, -0.15) is 0 Å². The van der Waals surface area contributed by atoms with Gasteiger partial charge in [0.05, 0.1) is 0 Å². The molecular weight excluding hydrogens is 348 g/mol. The van der Waals surface area contributed by atoms with Crippen molar-refractivity contribution in [1.29, 1.82) is 0 Å². The molecule has 0 unspecified atom stereocenters. The van der Waals surface area contributed by atoms with E-state index in [1.807, 2.05) is 30.3 Å². The van der Waals surface area contributed by atoms with Crippen LogP contribution in [0.3, 0.4) is 0 Å². The number of urea groups is 1. The highest BCUT2D eigenvalue weighted by molar-refractivity contribution is 7.09. The summed E-state index contributed by atoms with van der Waals surface area (Å²) in [5.41, 5.74) is 0.903. The van der Waals surface area contributed by atoms with Crippen molar-refractivity contribution >= 4 is 23.3 Å². The minimum atomic E-state index is -0.479. The monoisotopic (exact) mass is 372 g/mol. The molecule has 138 valence electrons. The Bertz CT molecular complexity index is 712. The quantitative estimate of drug-likeness (QED) is 0.843. The lowest BCUT2D eigenvalue weighted by Crippen LogP contribution is -2.52. The summed E-state index contributed by atoms with van der Waals surface area (Å²) in [5.74, 6) is -0.290. The normalized spacial score (nSPS) is 16.8. The molecule has 1 aromatic carbocycles. The first-order chi connectivity index (χ1) is 12.7. The largest absolute Gasteiger partial charge is 0.341 e. The van der Waals surface area contributed by atoms with E-state index in [9.17, 15) is 9.59 Å². The third-order valence-corrected chi connectivity index (χ3v) is 5.42. The molecule has 26 heavy (non-hydrogen) atoms. The summed E-state index contributed by atoms with van der Waals surface area (Å²) in [7, 11) is 1.50. The second kappa shape index (κ2) is 8.93. The molecule has 6 nitrogen and oxygen atoms in total. The van der Waals surface area contributed by atoms with Gasteiger partial charge in [0.15, 0.2) is 0 Å². The summed E-state index contributed by atoms with van der Waals surface area (Å²) in [6, 6.07) is 12.9. The number of hydrogen-bond donors (Lipinski definition) is 2. The predicted molar refractivity (Wildman–Crippen MR) is 103 cm³/mol. The van der Waals surface area contributed by atoms with Crippen molar-refractivity contribution < 1.29 is 9.59 Å². The molecule has 1 saturated heterocycles. The van der Waals surface area contributed by atoms with Gasteiger partial charge in [-0.25, -0.2) is 4.79 Å². The molecule has 1 aromatic heterocycles. The number of nitrogens with zero attached hydrogens (tertiary/aromatic N) is 2. The Morgan fingerprint density at radius 1 is 1.08 bits per heavy atom. The van der Waals surface area contributed by atoms with Crippen molar-refractivity contribution in [3.63, 3.8) is 0 Å². The summed E-state index contributed by atoms with van der Waals surface area (Å²) in [6.07, 6.45) is 0. The molecule has 1 fully saturated rings. The third kappa shape index (κ3) is 4.69. The zero-order valence-corrected chi connectivity index (χ0v) is 15.7. The maximum absolute atomic E-state index is 12.7. The first-order valence-corrected chi connectivity index (χ1v) is 9.61. The van der Waals surface area contributed by atoms with E-state index in [2.05, 4.69) is 37.9 Å². The van der Waals surface area contributed by atoms with Crippen molar-refractivity contribution in [3.05, 3.63) is 58.3 Å². The van der Waals surface area contributed by atoms with Crippen molar-refractivity contribution in [1.82, 2.24) is 20.4 Å². The molecule has 1 aliphatic rings. The van der Waals surface area contributed by atoms with E-state index >= 15 is 0 Å². The van der Waals surface area contributed by atoms with Gasteiger partial charge in [0, 0.05) is 44.6 Å². The van der Waals surface area contributed by atoms with Gasteiger partial charge >= 0.3 is 6.03 Å². The molecular formula is C19H24N4O2S. The van der Waals surface area contributed by atoms with Gasteiger partial charge in [-0.05, 0) is 17.0 Å². The highest BCUT2D eigenvalue weighted by Crippen LogP contribution is 2.23. The van der Waals surface area contributed by atoms with E-state index in [-0.39, 0.29) is 5.91 Å². The van der Waals surface area contributed by atoms with Gasteiger partial charge in [-0.1, -0.05) is 36.4 Å². The standard InChI is InChI=1S/C19H24N4O2S/c1-20-19(25)21-18(24)17(15-6-3-2-4-7-15)23-11-9-22(10-12-23)14-16-8-5-13-26-16/h2-8,13,17H,9-12,14H2,1H3,(H2,20,21,24,25)/t17-/m0/s1. The number of carbonyl (C=O) groups is 2. The van der Waals surface area contributed by atoms with Gasteiger partial charge in [0.25, 0.3) is 0 Å². The summed E-state index contributed by atoms with van der Waals surface area (Å²) < 4.78 is 0. The number of nitrogens with one attached hydrogen (secondary N) is 2. The minimum Gasteiger partial charge on any atom is -0.341 e. The van der Waals surface area contributed by atoms with E-state index in [1.54, 1.807) is 11.3 Å². The van der Waals surface area contributed by atoms with Crippen LogP contribution < -0.4 is 10.6 Å². The number of amides is 3. The molecule has 2 heterocycles. The van der Waals surface area contributed by atoms with Crippen LogP contribution in [-0.4, -0.2) is 55.0 Å². The Morgan fingerprint density at radius 2 is 1.81 bits per heavy atom. The Labute approximate surface area is 157 Å². The van der Waals surface area contributed by atoms with E-state index < -0.39 is 12.1 Å². The average molecular weight is 372 g/mol. The van der Waals surface area contributed by atoms with Gasteiger partial charge in [-0.15, -0.1) is 11.3 Å². The number of hydrogen-bond acceptors (Lipinski definition) is 5. The third-order valence-electron chi connectivity index (χ3n) is 4.56. The number of thiophene rings is 1. The Balaban J connectivity index is 1.67. The summed E-state index contributed by atoms with van der Waals surface area (Å²) in [5, 5.41) is 6.97. The second-order valence-corrected chi connectivity index (χ2v) is 7.31. The van der Waals surface area contributed by atoms with E-state index in [0.29, 0.717) is 0 Å². The number of benzene rings is 1. The number of carbonyl (C=O) groups excluding carboxylic acids is 2. The van der Waals surface area contributed by atoms with Crippen LogP contribution in [0.2, 0.25) is 0 Å². The number of piperazine rings is 1. The number of rotatable bonds is 5. The lowest BCUT2D eigenvalue weighted by molar-refractivity contribution is -0.126. The van der Waals surface area contributed by atoms with Crippen LogP contribution in [0.25, 0.3) is 0 Å². The van der Waals surface area contributed by atoms with Crippen LogP contribution in [0.5, 0.6) is 0 Å². The van der Waals surface area contributed by atoms with E-state index in [4.69, 9.17) is 0 Å². The minimum absolute atomic E-state index is 0.290. The van der Waals surface area contributed by atoms with Gasteiger partial charge in [-0.3, -0.25) is 19.9 Å².